The molecule has 0 atom stereocenters. The van der Waals surface area contributed by atoms with Crippen LogP contribution in [0.3, 0.4) is 0 Å². The summed E-state index contributed by atoms with van der Waals surface area (Å²) in [5, 5.41) is 0. The minimum absolute atomic E-state index is 0. The zero-order chi connectivity index (χ0) is 13.3. The van der Waals surface area contributed by atoms with Crippen molar-refractivity contribution in [1.29, 1.82) is 0 Å². The molecule has 0 aromatic heterocycles. The van der Waals surface area contributed by atoms with Crippen molar-refractivity contribution in [2.24, 2.45) is 5.92 Å². The van der Waals surface area contributed by atoms with Gasteiger partial charge in [0, 0.05) is 18.9 Å². The number of hydrogen-bond acceptors (Lipinski definition) is 3. The fraction of sp³-hybridized carbons (Fsp3) is 0.400. The quantitative estimate of drug-likeness (QED) is 0.505. The monoisotopic (exact) mass is 288 g/mol. The molecule has 1 radical (unpaired) electrons. The number of sulfonamides is 1. The predicted molar refractivity (Wildman–Crippen MR) is 61.1 cm³/mol. The third-order valence-corrected chi connectivity index (χ3v) is 3.71. The average molecular weight is 288 g/mol. The van der Waals surface area contributed by atoms with Crippen molar-refractivity contribution in [3.63, 3.8) is 0 Å². The molecule has 101 valence electrons. The van der Waals surface area contributed by atoms with Gasteiger partial charge in [0.1, 0.15) is 4.90 Å². The summed E-state index contributed by atoms with van der Waals surface area (Å²) < 4.78 is 61.9. The molecular formula is C10H10F3LiNO3S. The van der Waals surface area contributed by atoms with Gasteiger partial charge in [-0.3, -0.25) is 4.84 Å². The molecule has 0 amide bonds. The SMILES string of the molecule is O=S(=O)(NOCC1CC1)c1ccc(F)c(F)c1F.[Li]. The van der Waals surface area contributed by atoms with Gasteiger partial charge in [0.2, 0.25) is 0 Å². The van der Waals surface area contributed by atoms with Gasteiger partial charge in [0.05, 0.1) is 6.61 Å². The maximum absolute atomic E-state index is 13.3. The molecule has 0 heterocycles. The zero-order valence-electron chi connectivity index (χ0n) is 10.1. The molecule has 1 aromatic carbocycles. The largest absolute Gasteiger partial charge is 0.287 e. The van der Waals surface area contributed by atoms with E-state index in [1.54, 1.807) is 4.89 Å². The van der Waals surface area contributed by atoms with E-state index in [2.05, 4.69) is 4.84 Å². The third kappa shape index (κ3) is 3.97. The summed E-state index contributed by atoms with van der Waals surface area (Å²) in [6.45, 7) is 0.171. The summed E-state index contributed by atoms with van der Waals surface area (Å²) in [6, 6.07) is 1.17. The van der Waals surface area contributed by atoms with Crippen molar-refractivity contribution in [3.8, 4) is 0 Å². The molecule has 1 aliphatic carbocycles. The van der Waals surface area contributed by atoms with Crippen LogP contribution >= 0.6 is 0 Å². The molecule has 0 unspecified atom stereocenters. The van der Waals surface area contributed by atoms with Crippen molar-refractivity contribution in [2.45, 2.75) is 17.7 Å². The maximum Gasteiger partial charge on any atom is 0.265 e. The van der Waals surface area contributed by atoms with Gasteiger partial charge < -0.3 is 0 Å². The van der Waals surface area contributed by atoms with Gasteiger partial charge >= 0.3 is 0 Å². The Kier molecular flexibility index (Phi) is 5.47. The summed E-state index contributed by atoms with van der Waals surface area (Å²) in [6.07, 6.45) is 1.89. The normalized spacial score (nSPS) is 15.1. The summed E-state index contributed by atoms with van der Waals surface area (Å²) >= 11 is 0. The van der Waals surface area contributed by atoms with Crippen molar-refractivity contribution in [3.05, 3.63) is 29.6 Å². The van der Waals surface area contributed by atoms with Gasteiger partial charge in [-0.1, -0.05) is 4.89 Å². The van der Waals surface area contributed by atoms with Gasteiger partial charge in [-0.15, -0.1) is 0 Å². The molecular weight excluding hydrogens is 278 g/mol. The van der Waals surface area contributed by atoms with Crippen LogP contribution in [0, 0.1) is 23.4 Å². The first-order valence-corrected chi connectivity index (χ1v) is 6.67. The van der Waals surface area contributed by atoms with Crippen LogP contribution in [0.2, 0.25) is 0 Å². The molecule has 19 heavy (non-hydrogen) atoms. The second-order valence-corrected chi connectivity index (χ2v) is 5.63. The standard InChI is InChI=1S/C10H10F3NO3S.Li/c11-7-3-4-8(10(13)9(7)12)18(15,16)14-17-5-6-1-2-6;/h3-4,6,14H,1-2,5H2;. The van der Waals surface area contributed by atoms with Crippen LogP contribution in [0.4, 0.5) is 13.2 Å². The first kappa shape index (κ1) is 16.5. The van der Waals surface area contributed by atoms with E-state index in [0.717, 1.165) is 12.8 Å². The molecule has 0 saturated heterocycles. The molecule has 1 N–H and O–H groups in total. The van der Waals surface area contributed by atoms with Crippen LogP contribution in [0.15, 0.2) is 17.0 Å². The maximum atomic E-state index is 13.3. The van der Waals surface area contributed by atoms with Crippen LogP contribution in [0.1, 0.15) is 12.8 Å². The molecule has 9 heteroatoms. The molecule has 2 rings (SSSR count). The Morgan fingerprint density at radius 2 is 1.84 bits per heavy atom. The van der Waals surface area contributed by atoms with Crippen molar-refractivity contribution < 1.29 is 26.4 Å². The summed E-state index contributed by atoms with van der Waals surface area (Å²) in [7, 11) is -4.35. The van der Waals surface area contributed by atoms with Crippen molar-refractivity contribution in [1.82, 2.24) is 4.89 Å². The van der Waals surface area contributed by atoms with Crippen LogP contribution in [0.25, 0.3) is 0 Å². The fourth-order valence-corrected chi connectivity index (χ4v) is 2.16. The molecule has 0 bridgehead atoms. The molecule has 1 fully saturated rings. The number of hydrogen-bond donors (Lipinski definition) is 1. The van der Waals surface area contributed by atoms with Crippen molar-refractivity contribution >= 4 is 28.9 Å². The summed E-state index contributed by atoms with van der Waals surface area (Å²) in [5.41, 5.74) is 0. The number of halogens is 3. The number of benzene rings is 1. The van der Waals surface area contributed by atoms with E-state index in [1.807, 2.05) is 0 Å². The van der Waals surface area contributed by atoms with E-state index in [4.69, 9.17) is 0 Å². The molecule has 1 saturated carbocycles. The predicted octanol–water partition coefficient (Wildman–Crippen LogP) is 1.34. The Balaban J connectivity index is 0.00000180. The Bertz CT molecular complexity index is 563. The van der Waals surface area contributed by atoms with Crippen LogP contribution in [-0.2, 0) is 14.9 Å². The minimum Gasteiger partial charge on any atom is -0.287 e. The Labute approximate surface area is 120 Å². The molecule has 1 aliphatic rings. The van der Waals surface area contributed by atoms with E-state index in [0.29, 0.717) is 18.1 Å². The van der Waals surface area contributed by atoms with Gasteiger partial charge in [-0.25, -0.2) is 21.6 Å². The summed E-state index contributed by atoms with van der Waals surface area (Å²) in [5.74, 6) is -4.76. The molecule has 4 nitrogen and oxygen atoms in total. The van der Waals surface area contributed by atoms with Crippen LogP contribution < -0.4 is 4.89 Å². The van der Waals surface area contributed by atoms with Crippen LogP contribution in [0.5, 0.6) is 0 Å². The molecule has 0 aliphatic heterocycles. The first-order valence-electron chi connectivity index (χ1n) is 5.19. The zero-order valence-corrected chi connectivity index (χ0v) is 10.9. The topological polar surface area (TPSA) is 55.4 Å². The minimum atomic E-state index is -4.35. The van der Waals surface area contributed by atoms with E-state index in [9.17, 15) is 21.6 Å². The van der Waals surface area contributed by atoms with Gasteiger partial charge in [0.15, 0.2) is 17.5 Å². The number of rotatable bonds is 5. The first-order chi connectivity index (χ1) is 8.42. The van der Waals surface area contributed by atoms with Crippen LogP contribution in [-0.4, -0.2) is 33.9 Å². The van der Waals surface area contributed by atoms with E-state index >= 15 is 0 Å². The number of nitrogens with one attached hydrogen (secondary N) is 1. The smallest absolute Gasteiger partial charge is 0.265 e. The Morgan fingerprint density at radius 1 is 1.21 bits per heavy atom. The van der Waals surface area contributed by atoms with Gasteiger partial charge in [-0.2, -0.15) is 0 Å². The van der Waals surface area contributed by atoms with Gasteiger partial charge in [-0.05, 0) is 30.9 Å². The van der Waals surface area contributed by atoms with E-state index < -0.39 is 32.4 Å². The average Bonchev–Trinajstić information content (AvgIpc) is 3.09. The van der Waals surface area contributed by atoms with Gasteiger partial charge in [0.25, 0.3) is 10.0 Å². The third-order valence-electron chi connectivity index (χ3n) is 2.47. The Hall–Kier alpha value is -0.523. The Morgan fingerprint density at radius 3 is 2.42 bits per heavy atom. The second-order valence-electron chi connectivity index (χ2n) is 4.01. The molecule has 1 aromatic rings. The summed E-state index contributed by atoms with van der Waals surface area (Å²) in [4.78, 5) is 5.37. The second kappa shape index (κ2) is 6.28. The van der Waals surface area contributed by atoms with Crippen molar-refractivity contribution in [2.75, 3.05) is 6.61 Å². The van der Waals surface area contributed by atoms with E-state index in [1.165, 1.54) is 0 Å². The fourth-order valence-electron chi connectivity index (χ4n) is 1.27. The van der Waals surface area contributed by atoms with E-state index in [-0.39, 0.29) is 25.5 Å². The molecule has 0 spiro atoms.